The molecule has 1 saturated carbocycles. The number of carbonyl (C=O) groups excluding carboxylic acids is 1. The summed E-state index contributed by atoms with van der Waals surface area (Å²) in [4.78, 5) is 21.6. The highest BCUT2D eigenvalue weighted by molar-refractivity contribution is 6.33. The number of anilines is 2. The van der Waals surface area contributed by atoms with Crippen LogP contribution < -0.4 is 15.4 Å². The monoisotopic (exact) mass is 545 g/mol. The molecule has 0 bridgehead atoms. The summed E-state index contributed by atoms with van der Waals surface area (Å²) in [5.41, 5.74) is -1.24. The molecular formula is C24H25ClF5N5O2. The zero-order valence-corrected chi connectivity index (χ0v) is 20.8. The molecule has 37 heavy (non-hydrogen) atoms. The van der Waals surface area contributed by atoms with Crippen molar-refractivity contribution in [2.45, 2.75) is 51.3 Å². The van der Waals surface area contributed by atoms with E-state index in [-0.39, 0.29) is 39.6 Å². The summed E-state index contributed by atoms with van der Waals surface area (Å²) in [6.45, 7) is 1.15. The van der Waals surface area contributed by atoms with Crippen LogP contribution in [0.5, 0.6) is 5.88 Å². The zero-order valence-electron chi connectivity index (χ0n) is 20.0. The number of para-hydroxylation sites is 1. The molecule has 4 rings (SSSR count). The number of ether oxygens (including phenoxy) is 1. The van der Waals surface area contributed by atoms with Gasteiger partial charge in [0.25, 0.3) is 12.3 Å². The van der Waals surface area contributed by atoms with Gasteiger partial charge in [-0.15, -0.1) is 0 Å². The minimum atomic E-state index is -4.69. The molecule has 0 radical (unpaired) electrons. The maximum absolute atomic E-state index is 13.5. The third-order valence-electron chi connectivity index (χ3n) is 6.31. The number of aryl methyl sites for hydroxylation is 1. The van der Waals surface area contributed by atoms with Gasteiger partial charge in [-0.2, -0.15) is 18.2 Å². The number of fused-ring (bicyclic) bond motifs is 1. The molecule has 0 spiro atoms. The van der Waals surface area contributed by atoms with E-state index < -0.39 is 36.4 Å². The quantitative estimate of drug-likeness (QED) is 0.339. The van der Waals surface area contributed by atoms with Gasteiger partial charge in [0.15, 0.2) is 12.3 Å². The number of nitrogens with zero attached hydrogens (tertiary/aromatic N) is 3. The van der Waals surface area contributed by atoms with E-state index in [2.05, 4.69) is 27.5 Å². The van der Waals surface area contributed by atoms with Crippen molar-refractivity contribution in [3.05, 3.63) is 40.4 Å². The van der Waals surface area contributed by atoms with Gasteiger partial charge in [-0.25, -0.2) is 13.8 Å². The first-order valence-electron chi connectivity index (χ1n) is 11.7. The summed E-state index contributed by atoms with van der Waals surface area (Å²) < 4.78 is 72.8. The number of carbonyl (C=O) groups is 1. The largest absolute Gasteiger partial charge is 0.471 e. The summed E-state index contributed by atoms with van der Waals surface area (Å²) >= 11 is 6.04. The molecule has 0 atom stereocenters. The van der Waals surface area contributed by atoms with Crippen LogP contribution in [0.3, 0.4) is 0 Å². The number of amides is 1. The van der Waals surface area contributed by atoms with Gasteiger partial charge < -0.3 is 15.4 Å². The first-order valence-corrected chi connectivity index (χ1v) is 12.0. The molecule has 3 aromatic rings. The Morgan fingerprint density at radius 1 is 1.22 bits per heavy atom. The molecule has 1 aromatic carbocycles. The molecule has 1 aliphatic carbocycles. The molecule has 2 aromatic heterocycles. The lowest BCUT2D eigenvalue weighted by Crippen LogP contribution is -2.37. The molecule has 1 fully saturated rings. The topological polar surface area (TPSA) is 81.1 Å². The van der Waals surface area contributed by atoms with Crippen LogP contribution in [-0.4, -0.2) is 39.5 Å². The van der Waals surface area contributed by atoms with Crippen molar-refractivity contribution in [3.63, 3.8) is 0 Å². The zero-order chi connectivity index (χ0) is 26.9. The highest BCUT2D eigenvalue weighted by Crippen LogP contribution is 2.40. The number of benzene rings is 1. The minimum Gasteiger partial charge on any atom is -0.471 e. The number of halogens is 6. The van der Waals surface area contributed by atoms with Crippen LogP contribution in [0.1, 0.15) is 48.5 Å². The molecule has 2 heterocycles. The molecule has 0 saturated heterocycles. The molecule has 200 valence electrons. The lowest BCUT2D eigenvalue weighted by Gasteiger charge is -2.27. The Balaban J connectivity index is 1.71. The van der Waals surface area contributed by atoms with Gasteiger partial charge in [-0.3, -0.25) is 9.36 Å². The predicted octanol–water partition coefficient (Wildman–Crippen LogP) is 6.34. The second-order valence-electron chi connectivity index (χ2n) is 9.10. The maximum Gasteiger partial charge on any atom is 0.418 e. The molecule has 7 nitrogen and oxygen atoms in total. The Morgan fingerprint density at radius 2 is 1.92 bits per heavy atom. The number of aromatic nitrogens is 3. The number of pyridine rings is 1. The average Bonchev–Trinajstić information content (AvgIpc) is 3.13. The Kier molecular flexibility index (Phi) is 7.77. The van der Waals surface area contributed by atoms with E-state index in [0.717, 1.165) is 31.7 Å². The Labute approximate surface area is 214 Å². The highest BCUT2D eigenvalue weighted by atomic mass is 35.5. The lowest BCUT2D eigenvalue weighted by atomic mass is 9.87. The van der Waals surface area contributed by atoms with Crippen molar-refractivity contribution < 1.29 is 31.5 Å². The second kappa shape index (κ2) is 10.7. The molecule has 1 aliphatic rings. The summed E-state index contributed by atoms with van der Waals surface area (Å²) in [6, 6.07) is 4.60. The third kappa shape index (κ3) is 6.06. The predicted molar refractivity (Wildman–Crippen MR) is 129 cm³/mol. The van der Waals surface area contributed by atoms with E-state index in [1.807, 2.05) is 0 Å². The standard InChI is InChI=1S/C24H25ClF5N5O2/c1-12-6-8-13(9-7-12)31-21(36)14-10-17-20(34-22(14)37-11-18(26)27)35(2)23(32-17)33-19-15(24(28,29)30)4-3-5-16(19)25/h3-5,10,12-13,18H,6-9,11H2,1-2H3,(H,31,36)(H,32,33). The van der Waals surface area contributed by atoms with Crippen molar-refractivity contribution in [2.75, 3.05) is 11.9 Å². The van der Waals surface area contributed by atoms with Gasteiger partial charge in [0.05, 0.1) is 16.3 Å². The number of hydrogen-bond donors (Lipinski definition) is 2. The average molecular weight is 546 g/mol. The molecule has 0 aliphatic heterocycles. The molecule has 1 amide bonds. The molecule has 2 N–H and O–H groups in total. The summed E-state index contributed by atoms with van der Waals surface area (Å²) in [7, 11) is 1.47. The second-order valence-corrected chi connectivity index (χ2v) is 9.50. The van der Waals surface area contributed by atoms with Crippen LogP contribution in [0.25, 0.3) is 11.2 Å². The first-order chi connectivity index (χ1) is 17.4. The van der Waals surface area contributed by atoms with E-state index in [4.69, 9.17) is 16.3 Å². The van der Waals surface area contributed by atoms with E-state index in [0.29, 0.717) is 5.92 Å². The van der Waals surface area contributed by atoms with E-state index in [1.165, 1.54) is 29.8 Å². The van der Waals surface area contributed by atoms with Gasteiger partial charge >= 0.3 is 6.18 Å². The fraction of sp³-hybridized carbons (Fsp3) is 0.458. The fourth-order valence-corrected chi connectivity index (χ4v) is 4.51. The van der Waals surface area contributed by atoms with Crippen molar-refractivity contribution in [2.24, 2.45) is 13.0 Å². The van der Waals surface area contributed by atoms with Gasteiger partial charge in [0.1, 0.15) is 11.1 Å². The highest BCUT2D eigenvalue weighted by Gasteiger charge is 2.35. The van der Waals surface area contributed by atoms with Crippen molar-refractivity contribution in [3.8, 4) is 5.88 Å². The van der Waals surface area contributed by atoms with Gasteiger partial charge in [-0.1, -0.05) is 24.6 Å². The smallest absolute Gasteiger partial charge is 0.418 e. The number of hydrogen-bond acceptors (Lipinski definition) is 5. The van der Waals surface area contributed by atoms with Gasteiger partial charge in [-0.05, 0) is 49.8 Å². The van der Waals surface area contributed by atoms with Crippen molar-refractivity contribution in [1.29, 1.82) is 0 Å². The van der Waals surface area contributed by atoms with Crippen LogP contribution in [0.2, 0.25) is 5.02 Å². The Bertz CT molecular complexity index is 1290. The van der Waals surface area contributed by atoms with E-state index in [9.17, 15) is 26.7 Å². The Morgan fingerprint density at radius 3 is 2.57 bits per heavy atom. The molecule has 0 unspecified atom stereocenters. The molecule has 13 heteroatoms. The van der Waals surface area contributed by atoms with Crippen LogP contribution in [0.15, 0.2) is 24.3 Å². The van der Waals surface area contributed by atoms with Gasteiger partial charge in [0, 0.05) is 13.1 Å². The van der Waals surface area contributed by atoms with Crippen molar-refractivity contribution in [1.82, 2.24) is 19.9 Å². The van der Waals surface area contributed by atoms with Crippen LogP contribution in [0.4, 0.5) is 33.6 Å². The fourth-order valence-electron chi connectivity index (χ4n) is 4.29. The van der Waals surface area contributed by atoms with Crippen LogP contribution in [0, 0.1) is 5.92 Å². The third-order valence-corrected chi connectivity index (χ3v) is 6.62. The maximum atomic E-state index is 13.5. The summed E-state index contributed by atoms with van der Waals surface area (Å²) in [5, 5.41) is 5.31. The molecular weight excluding hydrogens is 521 g/mol. The minimum absolute atomic E-state index is 0.0558. The number of rotatable bonds is 7. The van der Waals surface area contributed by atoms with Gasteiger partial charge in [0.2, 0.25) is 11.8 Å². The number of nitrogens with one attached hydrogen (secondary N) is 2. The van der Waals surface area contributed by atoms with Crippen molar-refractivity contribution >= 4 is 40.3 Å². The first kappa shape index (κ1) is 26.9. The number of imidazole rings is 1. The normalized spacial score (nSPS) is 18.3. The number of alkyl halides is 5. The van der Waals surface area contributed by atoms with E-state index in [1.54, 1.807) is 0 Å². The van der Waals surface area contributed by atoms with Crippen LogP contribution in [-0.2, 0) is 13.2 Å². The summed E-state index contributed by atoms with van der Waals surface area (Å²) in [6.07, 6.45) is -4.02. The Hall–Kier alpha value is -3.15. The lowest BCUT2D eigenvalue weighted by molar-refractivity contribution is -0.136. The van der Waals surface area contributed by atoms with E-state index >= 15 is 0 Å². The SMILES string of the molecule is CC1CCC(NC(=O)c2cc3nc(Nc4c(Cl)cccc4C(F)(F)F)n(C)c3nc2OCC(F)F)CC1. The summed E-state index contributed by atoms with van der Waals surface area (Å²) in [5.74, 6) is -0.368. The van der Waals surface area contributed by atoms with Crippen LogP contribution >= 0.6 is 11.6 Å².